The second kappa shape index (κ2) is 39.5. The fraction of sp³-hybridized carbons (Fsp3) is 0.900. The summed E-state index contributed by atoms with van der Waals surface area (Å²) in [5.41, 5.74) is 0. The lowest BCUT2D eigenvalue weighted by Gasteiger charge is -2.09. The van der Waals surface area contributed by atoms with Crippen molar-refractivity contribution in [3.63, 3.8) is 0 Å². The van der Waals surface area contributed by atoms with Crippen molar-refractivity contribution >= 4 is 58.5 Å². The van der Waals surface area contributed by atoms with Gasteiger partial charge < -0.3 is 0 Å². The van der Waals surface area contributed by atoms with Crippen molar-refractivity contribution in [3.8, 4) is 0 Å². The van der Waals surface area contributed by atoms with Crippen molar-refractivity contribution in [2.24, 2.45) is 0 Å². The van der Waals surface area contributed by atoms with Crippen LogP contribution in [0.3, 0.4) is 0 Å². The van der Waals surface area contributed by atoms with Crippen molar-refractivity contribution in [1.29, 1.82) is 0 Å². The first-order chi connectivity index (χ1) is 22.2. The molecule has 0 atom stereocenters. The van der Waals surface area contributed by atoms with E-state index in [2.05, 4.69) is 26.8 Å². The van der Waals surface area contributed by atoms with Gasteiger partial charge in [0.15, 0.2) is 0 Å². The van der Waals surface area contributed by atoms with Gasteiger partial charge in [0.1, 0.15) is 0 Å². The van der Waals surface area contributed by atoms with Crippen LogP contribution in [0.2, 0.25) is 0 Å². The molecule has 0 fully saturated rings. The molecule has 0 spiro atoms. The van der Waals surface area contributed by atoms with E-state index in [0.717, 1.165) is 15.1 Å². The van der Waals surface area contributed by atoms with E-state index >= 15 is 0 Å². The minimum absolute atomic E-state index is 0.745. The Morgan fingerprint density at radius 3 is 0.889 bits per heavy atom. The molecule has 0 saturated carbocycles. The van der Waals surface area contributed by atoms with E-state index in [-0.39, 0.29) is 0 Å². The van der Waals surface area contributed by atoms with Crippen LogP contribution < -0.4 is 0 Å². The number of hydrogen-bond acceptors (Lipinski definition) is 3. The number of rotatable bonds is 37. The Bertz CT molecular complexity index is 621. The van der Waals surface area contributed by atoms with Gasteiger partial charge in [0.2, 0.25) is 0 Å². The molecule has 0 aromatic carbocycles. The molecule has 5 heteroatoms. The van der Waals surface area contributed by atoms with Gasteiger partial charge in [-0.05, 0) is 42.6 Å². The standard InChI is InChI=1S/C40H76Cl2S3/c1-4-7-10-13-16-19-22-25-28-31-34-43-39(44-35-32-29-26-23-20-17-14-11-8-5-2)37-38(41)40(42)45-36-33-30-27-24-21-18-15-12-9-6-3/h37H,4-36H2,1-3H3/b40-38-. The first kappa shape index (κ1) is 46.1. The predicted molar refractivity (Wildman–Crippen MR) is 220 cm³/mol. The maximum atomic E-state index is 6.77. The molecule has 0 heterocycles. The molecular formula is C40H76Cl2S3. The summed E-state index contributed by atoms with van der Waals surface area (Å²) in [6.45, 7) is 6.89. The normalized spacial score (nSPS) is 12.1. The highest BCUT2D eigenvalue weighted by Gasteiger charge is 2.06. The maximum absolute atomic E-state index is 6.77. The zero-order valence-electron chi connectivity index (χ0n) is 30.4. The summed E-state index contributed by atoms with van der Waals surface area (Å²) in [6.07, 6.45) is 43.8. The molecule has 0 aliphatic rings. The molecular weight excluding hydrogens is 648 g/mol. The van der Waals surface area contributed by atoms with Crippen molar-refractivity contribution in [2.45, 2.75) is 213 Å². The molecule has 0 amide bonds. The molecule has 0 bridgehead atoms. The number of thioether (sulfide) groups is 3. The molecule has 0 aromatic rings. The molecule has 0 radical (unpaired) electrons. The summed E-state index contributed by atoms with van der Waals surface area (Å²) < 4.78 is 2.15. The molecule has 0 rings (SSSR count). The predicted octanol–water partition coefficient (Wildman–Crippen LogP) is 17.4. The number of allylic oxidation sites excluding steroid dienone is 2. The Morgan fingerprint density at radius 2 is 0.600 bits per heavy atom. The summed E-state index contributed by atoms with van der Waals surface area (Å²) in [7, 11) is 0. The van der Waals surface area contributed by atoms with Crippen LogP contribution in [-0.4, -0.2) is 17.3 Å². The largest absolute Gasteiger partial charge is 0.119 e. The highest BCUT2D eigenvalue weighted by Crippen LogP contribution is 2.36. The van der Waals surface area contributed by atoms with Gasteiger partial charge in [-0.15, -0.1) is 35.3 Å². The van der Waals surface area contributed by atoms with Crippen LogP contribution in [0.1, 0.15) is 213 Å². The van der Waals surface area contributed by atoms with Crippen molar-refractivity contribution in [3.05, 3.63) is 19.7 Å². The van der Waals surface area contributed by atoms with E-state index in [9.17, 15) is 0 Å². The first-order valence-corrected chi connectivity index (χ1v) is 23.5. The molecule has 0 nitrogen and oxygen atoms in total. The van der Waals surface area contributed by atoms with Crippen LogP contribution in [0.5, 0.6) is 0 Å². The Hall–Kier alpha value is 1.11. The molecule has 0 N–H and O–H groups in total. The van der Waals surface area contributed by atoms with Gasteiger partial charge in [-0.3, -0.25) is 0 Å². The molecule has 0 unspecified atom stereocenters. The van der Waals surface area contributed by atoms with Crippen molar-refractivity contribution in [2.75, 3.05) is 17.3 Å². The van der Waals surface area contributed by atoms with E-state index in [1.54, 1.807) is 11.8 Å². The van der Waals surface area contributed by atoms with Crippen LogP contribution in [0, 0.1) is 0 Å². The van der Waals surface area contributed by atoms with Crippen LogP contribution in [0.15, 0.2) is 19.7 Å². The lowest BCUT2D eigenvalue weighted by atomic mass is 10.1. The third-order valence-electron chi connectivity index (χ3n) is 8.64. The minimum atomic E-state index is 0.745. The van der Waals surface area contributed by atoms with E-state index in [4.69, 9.17) is 23.2 Å². The summed E-state index contributed by atoms with van der Waals surface area (Å²) in [4.78, 5) is 0. The Morgan fingerprint density at radius 1 is 0.356 bits per heavy atom. The van der Waals surface area contributed by atoms with Crippen LogP contribution >= 0.6 is 58.5 Å². The fourth-order valence-electron chi connectivity index (χ4n) is 5.63. The van der Waals surface area contributed by atoms with Gasteiger partial charge in [0.25, 0.3) is 0 Å². The van der Waals surface area contributed by atoms with Gasteiger partial charge in [-0.2, -0.15) is 0 Å². The van der Waals surface area contributed by atoms with E-state index in [1.807, 2.05) is 23.5 Å². The molecule has 45 heavy (non-hydrogen) atoms. The second-order valence-corrected chi connectivity index (χ2v) is 17.8. The Labute approximate surface area is 307 Å². The molecule has 0 aliphatic carbocycles. The quantitative estimate of drug-likeness (QED) is 0.0463. The first-order valence-electron chi connectivity index (χ1n) is 19.8. The molecule has 0 aromatic heterocycles. The topological polar surface area (TPSA) is 0 Å². The third kappa shape index (κ3) is 36.2. The molecule has 268 valence electrons. The van der Waals surface area contributed by atoms with E-state index < -0.39 is 0 Å². The highest BCUT2D eigenvalue weighted by atomic mass is 35.5. The Kier molecular flexibility index (Phi) is 40.5. The molecule has 0 aliphatic heterocycles. The number of hydrogen-bond donors (Lipinski definition) is 0. The highest BCUT2D eigenvalue weighted by molar-refractivity contribution is 8.22. The fourth-order valence-corrected chi connectivity index (χ4v) is 9.38. The monoisotopic (exact) mass is 722 g/mol. The minimum Gasteiger partial charge on any atom is -0.119 e. The zero-order valence-corrected chi connectivity index (χ0v) is 34.4. The summed E-state index contributed by atoms with van der Waals surface area (Å²) in [6, 6.07) is 0. The summed E-state index contributed by atoms with van der Waals surface area (Å²) in [5, 5.41) is 0.745. The smallest absolute Gasteiger partial charge is 0.0922 e. The average molecular weight is 724 g/mol. The van der Waals surface area contributed by atoms with Crippen molar-refractivity contribution < 1.29 is 0 Å². The molecule has 0 saturated heterocycles. The second-order valence-electron chi connectivity index (χ2n) is 13.2. The average Bonchev–Trinajstić information content (AvgIpc) is 3.04. The van der Waals surface area contributed by atoms with Crippen LogP contribution in [-0.2, 0) is 0 Å². The van der Waals surface area contributed by atoms with Crippen molar-refractivity contribution in [1.82, 2.24) is 0 Å². The van der Waals surface area contributed by atoms with Gasteiger partial charge in [-0.25, -0.2) is 0 Å². The van der Waals surface area contributed by atoms with Gasteiger partial charge >= 0.3 is 0 Å². The van der Waals surface area contributed by atoms with Gasteiger partial charge in [-0.1, -0.05) is 217 Å². The SMILES string of the molecule is CCCCCCCCCCCCSC(=C/C(Cl)=C(\Cl)SCCCCCCCCCCCC)SCCCCCCCCCCCC. The lowest BCUT2D eigenvalue weighted by molar-refractivity contribution is 0.563. The Balaban J connectivity index is 4.38. The number of halogens is 2. The third-order valence-corrected chi connectivity index (χ3v) is 13.1. The zero-order chi connectivity index (χ0) is 32.9. The van der Waals surface area contributed by atoms with Crippen LogP contribution in [0.25, 0.3) is 0 Å². The lowest BCUT2D eigenvalue weighted by Crippen LogP contribution is -1.87. The number of unbranched alkanes of at least 4 members (excludes halogenated alkanes) is 27. The summed E-state index contributed by atoms with van der Waals surface area (Å²) in [5.74, 6) is 3.47. The van der Waals surface area contributed by atoms with E-state index in [1.165, 1.54) is 208 Å². The van der Waals surface area contributed by atoms with E-state index in [0.29, 0.717) is 0 Å². The van der Waals surface area contributed by atoms with Gasteiger partial charge in [0, 0.05) is 4.24 Å². The van der Waals surface area contributed by atoms with Crippen LogP contribution in [0.4, 0.5) is 0 Å². The maximum Gasteiger partial charge on any atom is 0.0922 e. The summed E-state index contributed by atoms with van der Waals surface area (Å²) >= 11 is 19.2. The van der Waals surface area contributed by atoms with Gasteiger partial charge in [0.05, 0.1) is 9.40 Å².